The third-order valence-corrected chi connectivity index (χ3v) is 4.04. The molecule has 2 amide bonds. The molecule has 1 aliphatic rings. The summed E-state index contributed by atoms with van der Waals surface area (Å²) in [6.07, 6.45) is -5.78. The van der Waals surface area contributed by atoms with Gasteiger partial charge in [-0.05, 0) is 19.3 Å². The van der Waals surface area contributed by atoms with Gasteiger partial charge >= 0.3 is 12.1 Å². The molecule has 1 rings (SSSR count). The van der Waals surface area contributed by atoms with Crippen LogP contribution in [0.25, 0.3) is 0 Å². The second-order valence-electron chi connectivity index (χ2n) is 6.27. The van der Waals surface area contributed by atoms with Gasteiger partial charge in [0.25, 0.3) is 0 Å². The highest BCUT2D eigenvalue weighted by molar-refractivity contribution is 5.97. The summed E-state index contributed by atoms with van der Waals surface area (Å²) in [4.78, 5) is 36.7. The smallest absolute Gasteiger partial charge is 0.344 e. The number of hydrogen-bond donors (Lipinski definition) is 2. The van der Waals surface area contributed by atoms with Crippen molar-refractivity contribution in [2.24, 2.45) is 11.7 Å². The molecule has 0 radical (unpaired) electrons. The number of likely N-dealkylation sites (tertiary alicyclic amines) is 1. The monoisotopic (exact) mass is 373 g/mol. The van der Waals surface area contributed by atoms with E-state index in [2.05, 4.69) is 0 Å². The topological polar surface area (TPSA) is 92.5 Å². The molecule has 3 atom stereocenters. The van der Waals surface area contributed by atoms with Crippen molar-refractivity contribution in [1.29, 1.82) is 0 Å². The van der Waals surface area contributed by atoms with E-state index >= 15 is 0 Å². The Morgan fingerprint density at radius 3 is 2.08 bits per heavy atom. The van der Waals surface area contributed by atoms with Crippen molar-refractivity contribution in [2.45, 2.75) is 57.4 Å². The van der Waals surface area contributed by atoms with E-state index in [0.717, 1.165) is 4.90 Å². The third-order valence-electron chi connectivity index (χ3n) is 4.04. The van der Waals surface area contributed by atoms with Crippen molar-refractivity contribution in [3.63, 3.8) is 0 Å². The first kappa shape index (κ1) is 21.3. The molecule has 3 N–H and O–H groups in total. The van der Waals surface area contributed by atoms with Crippen LogP contribution in [0.3, 0.4) is 0 Å². The van der Waals surface area contributed by atoms with E-state index < -0.39 is 53.7 Å². The number of Topliss-reactive ketones (excluding diaryl/α,β-unsaturated/α-hetero) is 1. The Morgan fingerprint density at radius 1 is 1.20 bits per heavy atom. The maximum atomic E-state index is 13.3. The third kappa shape index (κ3) is 4.25. The molecule has 0 spiro atoms. The van der Waals surface area contributed by atoms with E-state index in [1.807, 2.05) is 5.32 Å². The predicted octanol–water partition coefficient (Wildman–Crippen LogP) is 0.842. The van der Waals surface area contributed by atoms with E-state index in [1.54, 1.807) is 0 Å². The van der Waals surface area contributed by atoms with Crippen molar-refractivity contribution in [1.82, 2.24) is 10.2 Å². The molecule has 0 aromatic carbocycles. The molecule has 11 heteroatoms. The molecule has 0 saturated carbocycles. The molecule has 0 bridgehead atoms. The normalized spacial score (nSPS) is 21.4. The first-order valence-electron chi connectivity index (χ1n) is 7.57. The molecule has 0 aliphatic carbocycles. The number of rotatable bonds is 6. The van der Waals surface area contributed by atoms with Gasteiger partial charge in [0.15, 0.2) is 0 Å². The molecule has 1 aliphatic heterocycles. The summed E-state index contributed by atoms with van der Waals surface area (Å²) in [5, 5.41) is 1.90. The molecule has 1 heterocycles. The SMILES string of the molecule is CC(C)C(NC(=O)[C@H](C)N1CC[C@H](N)C1=O)C(=O)C(F)(F)C(F)(F)F. The summed E-state index contributed by atoms with van der Waals surface area (Å²) < 4.78 is 63.8. The van der Waals surface area contributed by atoms with Crippen LogP contribution in [0.15, 0.2) is 0 Å². The van der Waals surface area contributed by atoms with Crippen LogP contribution in [-0.4, -0.2) is 59.3 Å². The van der Waals surface area contributed by atoms with E-state index in [0.29, 0.717) is 0 Å². The average Bonchev–Trinajstić information content (AvgIpc) is 2.81. The van der Waals surface area contributed by atoms with Gasteiger partial charge in [0.2, 0.25) is 17.6 Å². The lowest BCUT2D eigenvalue weighted by Crippen LogP contribution is -2.58. The van der Waals surface area contributed by atoms with Gasteiger partial charge in [-0.25, -0.2) is 0 Å². The van der Waals surface area contributed by atoms with E-state index in [-0.39, 0.29) is 13.0 Å². The van der Waals surface area contributed by atoms with Gasteiger partial charge in [0, 0.05) is 6.54 Å². The Balaban J connectivity index is 2.93. The fourth-order valence-electron chi connectivity index (χ4n) is 2.39. The molecule has 1 fully saturated rings. The van der Waals surface area contributed by atoms with Crippen LogP contribution in [0.1, 0.15) is 27.2 Å². The molecule has 0 aromatic rings. The number of hydrogen-bond acceptors (Lipinski definition) is 4. The maximum absolute atomic E-state index is 13.3. The lowest BCUT2D eigenvalue weighted by Gasteiger charge is -2.30. The zero-order valence-corrected chi connectivity index (χ0v) is 13.9. The van der Waals surface area contributed by atoms with Gasteiger partial charge in [0.05, 0.1) is 12.1 Å². The molecule has 0 aromatic heterocycles. The fraction of sp³-hybridized carbons (Fsp3) is 0.786. The van der Waals surface area contributed by atoms with E-state index in [4.69, 9.17) is 5.73 Å². The number of ketones is 1. The van der Waals surface area contributed by atoms with Crippen molar-refractivity contribution in [3.05, 3.63) is 0 Å². The summed E-state index contributed by atoms with van der Waals surface area (Å²) in [5.41, 5.74) is 5.51. The number of halogens is 5. The average molecular weight is 373 g/mol. The molecule has 1 unspecified atom stereocenters. The second kappa shape index (κ2) is 7.22. The lowest BCUT2D eigenvalue weighted by atomic mass is 9.95. The van der Waals surface area contributed by atoms with Gasteiger partial charge in [-0.15, -0.1) is 0 Å². The Morgan fingerprint density at radius 2 is 1.72 bits per heavy atom. The standard InChI is InChI=1S/C14H20F5N3O3/c1-6(2)9(10(23)13(15,16)14(17,18)19)21-11(24)7(3)22-5-4-8(20)12(22)25/h6-9H,4-5,20H2,1-3H3,(H,21,24)/t7-,8-,9?/m0/s1. The second-order valence-corrected chi connectivity index (χ2v) is 6.27. The molecule has 25 heavy (non-hydrogen) atoms. The van der Waals surface area contributed by atoms with Crippen LogP contribution >= 0.6 is 0 Å². The number of carbonyl (C=O) groups excluding carboxylic acids is 3. The Kier molecular flexibility index (Phi) is 6.14. The molecule has 1 saturated heterocycles. The number of carbonyl (C=O) groups is 3. The van der Waals surface area contributed by atoms with Crippen LogP contribution in [0.5, 0.6) is 0 Å². The Bertz CT molecular complexity index is 550. The first-order chi connectivity index (χ1) is 11.2. The van der Waals surface area contributed by atoms with Crippen molar-refractivity contribution in [3.8, 4) is 0 Å². The number of nitrogens with zero attached hydrogens (tertiary/aromatic N) is 1. The number of alkyl halides is 5. The predicted molar refractivity (Wildman–Crippen MR) is 76.5 cm³/mol. The zero-order valence-electron chi connectivity index (χ0n) is 13.9. The van der Waals surface area contributed by atoms with Crippen molar-refractivity contribution >= 4 is 17.6 Å². The largest absolute Gasteiger partial charge is 0.461 e. The highest BCUT2D eigenvalue weighted by Crippen LogP contribution is 2.37. The zero-order chi connectivity index (χ0) is 19.7. The maximum Gasteiger partial charge on any atom is 0.461 e. The van der Waals surface area contributed by atoms with Gasteiger partial charge < -0.3 is 16.0 Å². The van der Waals surface area contributed by atoms with Gasteiger partial charge in [0.1, 0.15) is 6.04 Å². The quantitative estimate of drug-likeness (QED) is 0.675. The summed E-state index contributed by atoms with van der Waals surface area (Å²) in [7, 11) is 0. The van der Waals surface area contributed by atoms with Crippen LogP contribution < -0.4 is 11.1 Å². The lowest BCUT2D eigenvalue weighted by molar-refractivity contribution is -0.270. The summed E-state index contributed by atoms with van der Waals surface area (Å²) in [6.45, 7) is 3.86. The van der Waals surface area contributed by atoms with Crippen LogP contribution in [-0.2, 0) is 14.4 Å². The Hall–Kier alpha value is -1.78. The highest BCUT2D eigenvalue weighted by Gasteiger charge is 2.64. The van der Waals surface area contributed by atoms with E-state index in [9.17, 15) is 36.3 Å². The van der Waals surface area contributed by atoms with Crippen LogP contribution in [0.4, 0.5) is 22.0 Å². The first-order valence-corrected chi connectivity index (χ1v) is 7.57. The number of nitrogens with one attached hydrogen (secondary N) is 1. The Labute approximate surface area is 140 Å². The van der Waals surface area contributed by atoms with Crippen molar-refractivity contribution in [2.75, 3.05) is 6.54 Å². The molecular weight excluding hydrogens is 353 g/mol. The minimum Gasteiger partial charge on any atom is -0.344 e. The summed E-state index contributed by atoms with van der Waals surface area (Å²) >= 11 is 0. The fourth-order valence-corrected chi connectivity index (χ4v) is 2.39. The number of nitrogens with two attached hydrogens (primary N) is 1. The van der Waals surface area contributed by atoms with Gasteiger partial charge in [-0.1, -0.05) is 13.8 Å². The van der Waals surface area contributed by atoms with Gasteiger partial charge in [-0.3, -0.25) is 14.4 Å². The highest BCUT2D eigenvalue weighted by atomic mass is 19.4. The van der Waals surface area contributed by atoms with Crippen molar-refractivity contribution < 1.29 is 36.3 Å². The minimum atomic E-state index is -6.06. The van der Waals surface area contributed by atoms with E-state index in [1.165, 1.54) is 20.8 Å². The molecular formula is C14H20F5N3O3. The summed E-state index contributed by atoms with van der Waals surface area (Å²) in [5.74, 6) is -10.6. The minimum absolute atomic E-state index is 0.146. The number of amides is 2. The molecule has 6 nitrogen and oxygen atoms in total. The summed E-state index contributed by atoms with van der Waals surface area (Å²) in [6, 6.07) is -4.01. The van der Waals surface area contributed by atoms with Gasteiger partial charge in [-0.2, -0.15) is 22.0 Å². The van der Waals surface area contributed by atoms with Crippen LogP contribution in [0, 0.1) is 5.92 Å². The molecule has 144 valence electrons. The van der Waals surface area contributed by atoms with Crippen LogP contribution in [0.2, 0.25) is 0 Å².